The molecule has 8 nitrogen and oxygen atoms in total. The second-order valence-electron chi connectivity index (χ2n) is 8.18. The van der Waals surface area contributed by atoms with Gasteiger partial charge < -0.3 is 14.0 Å². The van der Waals surface area contributed by atoms with Crippen molar-refractivity contribution in [3.05, 3.63) is 58.8 Å². The van der Waals surface area contributed by atoms with Gasteiger partial charge in [-0.1, -0.05) is 46.3 Å². The van der Waals surface area contributed by atoms with E-state index >= 15 is 0 Å². The number of ether oxygens (including phenoxy) is 2. The summed E-state index contributed by atoms with van der Waals surface area (Å²) in [7, 11) is 1.63. The first-order valence-electron chi connectivity index (χ1n) is 11.3. The van der Waals surface area contributed by atoms with Gasteiger partial charge in [0.1, 0.15) is 22.8 Å². The molecule has 4 aromatic rings. The van der Waals surface area contributed by atoms with E-state index in [2.05, 4.69) is 10.1 Å². The minimum absolute atomic E-state index is 0.224. The number of morpholine rings is 1. The Hall–Kier alpha value is -2.98. The molecule has 35 heavy (non-hydrogen) atoms. The summed E-state index contributed by atoms with van der Waals surface area (Å²) in [6, 6.07) is 13.0. The van der Waals surface area contributed by atoms with Gasteiger partial charge in [0.25, 0.3) is 5.91 Å². The summed E-state index contributed by atoms with van der Waals surface area (Å²) < 4.78 is 17.3. The molecule has 2 aromatic carbocycles. The van der Waals surface area contributed by atoms with Crippen LogP contribution in [0.3, 0.4) is 0 Å². The molecule has 1 aliphatic rings. The number of hydrogen-bond donors (Lipinski definition) is 0. The molecule has 182 valence electrons. The van der Waals surface area contributed by atoms with Crippen LogP contribution >= 0.6 is 22.9 Å². The molecule has 0 radical (unpaired) electrons. The number of carbonyl (C=O) groups is 1. The molecule has 1 saturated heterocycles. The fraction of sp³-hybridized carbons (Fsp3) is 0.320. The van der Waals surface area contributed by atoms with Gasteiger partial charge in [-0.25, -0.2) is 4.98 Å². The van der Waals surface area contributed by atoms with E-state index in [1.807, 2.05) is 36.4 Å². The Kier molecular flexibility index (Phi) is 7.01. The van der Waals surface area contributed by atoms with Crippen LogP contribution in [-0.2, 0) is 4.74 Å². The summed E-state index contributed by atoms with van der Waals surface area (Å²) in [6.45, 7) is 5.94. The third-order valence-corrected chi connectivity index (χ3v) is 7.38. The van der Waals surface area contributed by atoms with Gasteiger partial charge in [0.2, 0.25) is 0 Å². The van der Waals surface area contributed by atoms with E-state index < -0.39 is 0 Å². The predicted molar refractivity (Wildman–Crippen MR) is 137 cm³/mol. The highest BCUT2D eigenvalue weighted by atomic mass is 35.5. The molecule has 0 aliphatic carbocycles. The minimum Gasteiger partial charge on any atom is -0.497 e. The smallest absolute Gasteiger partial charge is 0.266 e. The zero-order valence-corrected chi connectivity index (χ0v) is 21.1. The topological polar surface area (TPSA) is 80.9 Å². The van der Waals surface area contributed by atoms with Crippen LogP contribution in [0.1, 0.15) is 16.1 Å². The number of amides is 1. The van der Waals surface area contributed by atoms with Gasteiger partial charge in [0.05, 0.1) is 35.6 Å². The van der Waals surface area contributed by atoms with Crippen LogP contribution in [0.2, 0.25) is 5.02 Å². The SMILES string of the molecule is COc1ccc2nc(N(CCN3CCOCC3)C(=O)c3c(-c4ccccc4Cl)noc3C)sc2c1. The normalized spacial score (nSPS) is 14.4. The molecular formula is C25H25ClN4O4S. The third kappa shape index (κ3) is 4.90. The van der Waals surface area contributed by atoms with Crippen LogP contribution in [-0.4, -0.2) is 67.5 Å². The number of halogens is 1. The largest absolute Gasteiger partial charge is 0.497 e. The second-order valence-corrected chi connectivity index (χ2v) is 9.60. The summed E-state index contributed by atoms with van der Waals surface area (Å²) in [5.41, 5.74) is 2.27. The highest BCUT2D eigenvalue weighted by Gasteiger charge is 2.30. The zero-order chi connectivity index (χ0) is 24.4. The van der Waals surface area contributed by atoms with Gasteiger partial charge in [0.15, 0.2) is 5.13 Å². The highest BCUT2D eigenvalue weighted by molar-refractivity contribution is 7.22. The molecule has 3 heterocycles. The summed E-state index contributed by atoms with van der Waals surface area (Å²) >= 11 is 7.89. The fourth-order valence-electron chi connectivity index (χ4n) is 4.08. The zero-order valence-electron chi connectivity index (χ0n) is 19.5. The lowest BCUT2D eigenvalue weighted by Crippen LogP contribution is -2.43. The van der Waals surface area contributed by atoms with Crippen molar-refractivity contribution in [1.29, 1.82) is 0 Å². The first-order chi connectivity index (χ1) is 17.0. The van der Waals surface area contributed by atoms with Gasteiger partial charge in [-0.2, -0.15) is 0 Å². The second kappa shape index (κ2) is 10.3. The number of nitrogens with zero attached hydrogens (tertiary/aromatic N) is 4. The maximum Gasteiger partial charge on any atom is 0.266 e. The number of hydrogen-bond acceptors (Lipinski definition) is 8. The molecule has 2 aromatic heterocycles. The van der Waals surface area contributed by atoms with E-state index in [-0.39, 0.29) is 5.91 Å². The minimum atomic E-state index is -0.224. The third-order valence-electron chi connectivity index (χ3n) is 6.01. The molecular weight excluding hydrogens is 488 g/mol. The van der Waals surface area contributed by atoms with Gasteiger partial charge in [-0.05, 0) is 31.2 Å². The van der Waals surface area contributed by atoms with E-state index in [4.69, 9.17) is 30.6 Å². The maximum absolute atomic E-state index is 14.1. The Labute approximate surface area is 212 Å². The van der Waals surface area contributed by atoms with E-state index in [0.29, 0.717) is 59.0 Å². The predicted octanol–water partition coefficient (Wildman–Crippen LogP) is 4.90. The van der Waals surface area contributed by atoms with Crippen molar-refractivity contribution in [2.24, 2.45) is 0 Å². The van der Waals surface area contributed by atoms with Crippen LogP contribution in [0.25, 0.3) is 21.5 Å². The molecule has 5 rings (SSSR count). The van der Waals surface area contributed by atoms with Crippen molar-refractivity contribution in [2.45, 2.75) is 6.92 Å². The molecule has 10 heteroatoms. The van der Waals surface area contributed by atoms with Gasteiger partial charge in [-0.15, -0.1) is 0 Å². The lowest BCUT2D eigenvalue weighted by atomic mass is 10.1. The summed E-state index contributed by atoms with van der Waals surface area (Å²) in [4.78, 5) is 22.9. The first-order valence-corrected chi connectivity index (χ1v) is 12.5. The molecule has 0 spiro atoms. The van der Waals surface area contributed by atoms with E-state index in [1.165, 1.54) is 11.3 Å². The van der Waals surface area contributed by atoms with Crippen molar-refractivity contribution < 1.29 is 18.8 Å². The number of benzene rings is 2. The number of carbonyl (C=O) groups excluding carboxylic acids is 1. The molecule has 1 amide bonds. The standard InChI is InChI=1S/C25H25ClN4O4S/c1-16-22(23(28-34-16)18-5-3-4-6-19(18)26)24(31)30(10-9-29-11-13-33-14-12-29)25-27-20-8-7-17(32-2)15-21(20)35-25/h3-8,15H,9-14H2,1-2H3. The lowest BCUT2D eigenvalue weighted by molar-refractivity contribution is 0.0391. The number of rotatable bonds is 7. The molecule has 1 aliphatic heterocycles. The number of thiazole rings is 1. The summed E-state index contributed by atoms with van der Waals surface area (Å²) in [5, 5.41) is 5.30. The summed E-state index contributed by atoms with van der Waals surface area (Å²) in [6.07, 6.45) is 0. The highest BCUT2D eigenvalue weighted by Crippen LogP contribution is 2.35. The van der Waals surface area contributed by atoms with Crippen molar-refractivity contribution in [2.75, 3.05) is 51.4 Å². The maximum atomic E-state index is 14.1. The number of methoxy groups -OCH3 is 1. The van der Waals surface area contributed by atoms with Crippen molar-refractivity contribution in [1.82, 2.24) is 15.0 Å². The molecule has 1 fully saturated rings. The Morgan fingerprint density at radius 2 is 2.03 bits per heavy atom. The van der Waals surface area contributed by atoms with Crippen molar-refractivity contribution in [3.63, 3.8) is 0 Å². The monoisotopic (exact) mass is 512 g/mol. The van der Waals surface area contributed by atoms with Crippen molar-refractivity contribution >= 4 is 44.2 Å². The van der Waals surface area contributed by atoms with E-state index in [1.54, 1.807) is 25.0 Å². The first kappa shape index (κ1) is 23.7. The lowest BCUT2D eigenvalue weighted by Gasteiger charge is -2.29. The quantitative estimate of drug-likeness (QED) is 0.348. The average molecular weight is 513 g/mol. The van der Waals surface area contributed by atoms with Crippen LogP contribution in [0.4, 0.5) is 5.13 Å². The van der Waals surface area contributed by atoms with Crippen LogP contribution < -0.4 is 9.64 Å². The molecule has 0 saturated carbocycles. The number of aromatic nitrogens is 2. The van der Waals surface area contributed by atoms with Gasteiger partial charge in [-0.3, -0.25) is 14.6 Å². The van der Waals surface area contributed by atoms with Gasteiger partial charge in [0, 0.05) is 31.7 Å². The van der Waals surface area contributed by atoms with Gasteiger partial charge >= 0.3 is 0 Å². The van der Waals surface area contributed by atoms with Crippen molar-refractivity contribution in [3.8, 4) is 17.0 Å². The van der Waals surface area contributed by atoms with Crippen LogP contribution in [0.5, 0.6) is 5.75 Å². The van der Waals surface area contributed by atoms with E-state index in [9.17, 15) is 4.79 Å². The Balaban J connectivity index is 1.54. The average Bonchev–Trinajstić information content (AvgIpc) is 3.47. The Morgan fingerprint density at radius 3 is 2.80 bits per heavy atom. The Morgan fingerprint density at radius 1 is 1.23 bits per heavy atom. The fourth-order valence-corrected chi connectivity index (χ4v) is 5.33. The van der Waals surface area contributed by atoms with Crippen LogP contribution in [0, 0.1) is 6.92 Å². The van der Waals surface area contributed by atoms with Crippen LogP contribution in [0.15, 0.2) is 47.0 Å². The number of fused-ring (bicyclic) bond motifs is 1. The van der Waals surface area contributed by atoms with E-state index in [0.717, 1.165) is 29.1 Å². The molecule has 0 atom stereocenters. The number of aryl methyl sites for hydroxylation is 1. The molecule has 0 N–H and O–H groups in total. The number of anilines is 1. The molecule has 0 unspecified atom stereocenters. The molecule has 0 bridgehead atoms. The Bertz CT molecular complexity index is 1350. The summed E-state index contributed by atoms with van der Waals surface area (Å²) in [5.74, 6) is 0.955.